The summed E-state index contributed by atoms with van der Waals surface area (Å²) in [5.41, 5.74) is 0.298. The molecule has 0 aliphatic carbocycles. The average molecular weight is 542 g/mol. The smallest absolute Gasteiger partial charge is 0.338 e. The SMILES string of the molecule is O=C(COC(=O)c1ccc2cc(C(=O)OCC(=O)c3ccc([N+](=O)[O-])cc3)ccc2c1)c1ccc([N+](=O)[O-])cc1. The van der Waals surface area contributed by atoms with Crippen molar-refractivity contribution >= 4 is 45.7 Å². The van der Waals surface area contributed by atoms with Crippen molar-refractivity contribution in [1.82, 2.24) is 0 Å². The molecule has 200 valence electrons. The Kier molecular flexibility index (Phi) is 7.99. The van der Waals surface area contributed by atoms with Crippen molar-refractivity contribution in [1.29, 1.82) is 0 Å². The molecule has 0 saturated heterocycles. The third-order valence-corrected chi connectivity index (χ3v) is 5.78. The number of fused-ring (bicyclic) bond motifs is 1. The molecule has 0 spiro atoms. The fraction of sp³-hybridized carbons (Fsp3) is 0.0714. The Balaban J connectivity index is 1.35. The first-order valence-corrected chi connectivity index (χ1v) is 11.6. The van der Waals surface area contributed by atoms with E-state index in [0.29, 0.717) is 10.8 Å². The zero-order valence-electron chi connectivity index (χ0n) is 20.5. The summed E-state index contributed by atoms with van der Waals surface area (Å²) in [5, 5.41) is 22.6. The molecule has 0 aliphatic heterocycles. The lowest BCUT2D eigenvalue weighted by Gasteiger charge is -2.08. The van der Waals surface area contributed by atoms with E-state index in [9.17, 15) is 39.4 Å². The Labute approximate surface area is 225 Å². The number of hydrogen-bond donors (Lipinski definition) is 0. The standard InChI is InChI=1S/C28H18N2O10/c31-25(17-5-9-23(10-6-17)29(35)36)15-39-27(33)21-3-1-19-13-22(4-2-20(19)14-21)28(34)40-16-26(32)18-7-11-24(12-8-18)30(37)38/h1-14H,15-16H2. The van der Waals surface area contributed by atoms with Crippen LogP contribution in [-0.4, -0.2) is 46.6 Å². The van der Waals surface area contributed by atoms with Crippen molar-refractivity contribution in [3.8, 4) is 0 Å². The van der Waals surface area contributed by atoms with E-state index in [0.717, 1.165) is 0 Å². The fourth-order valence-corrected chi connectivity index (χ4v) is 3.63. The largest absolute Gasteiger partial charge is 0.454 e. The number of nitrogens with zero attached hydrogens (tertiary/aromatic N) is 2. The third kappa shape index (κ3) is 6.37. The van der Waals surface area contributed by atoms with Gasteiger partial charge in [-0.1, -0.05) is 12.1 Å². The number of ketones is 2. The van der Waals surface area contributed by atoms with Crippen LogP contribution in [0.2, 0.25) is 0 Å². The van der Waals surface area contributed by atoms with Crippen LogP contribution in [-0.2, 0) is 9.47 Å². The summed E-state index contributed by atoms with van der Waals surface area (Å²) in [6.45, 7) is -1.11. The Bertz CT molecular complexity index is 1540. The molecule has 0 fully saturated rings. The molecule has 0 saturated carbocycles. The lowest BCUT2D eigenvalue weighted by atomic mass is 10.0. The van der Waals surface area contributed by atoms with Crippen molar-refractivity contribution < 1.29 is 38.5 Å². The molecule has 0 amide bonds. The quantitative estimate of drug-likeness (QED) is 0.118. The summed E-state index contributed by atoms with van der Waals surface area (Å²) >= 11 is 0. The zero-order chi connectivity index (χ0) is 28.8. The number of carbonyl (C=O) groups excluding carboxylic acids is 4. The Morgan fingerprint density at radius 2 is 0.850 bits per heavy atom. The molecule has 12 nitrogen and oxygen atoms in total. The van der Waals surface area contributed by atoms with E-state index in [4.69, 9.17) is 9.47 Å². The highest BCUT2D eigenvalue weighted by molar-refractivity contribution is 6.02. The Morgan fingerprint density at radius 1 is 0.525 bits per heavy atom. The number of ether oxygens (including phenoxy) is 2. The molecule has 4 aromatic rings. The van der Waals surface area contributed by atoms with Gasteiger partial charge in [0.15, 0.2) is 24.8 Å². The van der Waals surface area contributed by atoms with Crippen LogP contribution in [0.3, 0.4) is 0 Å². The molecule has 40 heavy (non-hydrogen) atoms. The summed E-state index contributed by atoms with van der Waals surface area (Å²) in [7, 11) is 0. The second-order valence-corrected chi connectivity index (χ2v) is 8.38. The minimum atomic E-state index is -0.759. The van der Waals surface area contributed by atoms with Crippen molar-refractivity contribution in [3.63, 3.8) is 0 Å². The van der Waals surface area contributed by atoms with Crippen LogP contribution in [0, 0.1) is 20.2 Å². The molecule has 0 unspecified atom stereocenters. The zero-order valence-corrected chi connectivity index (χ0v) is 20.5. The summed E-state index contributed by atoms with van der Waals surface area (Å²) in [5.74, 6) is -2.57. The van der Waals surface area contributed by atoms with E-state index >= 15 is 0 Å². The summed E-state index contributed by atoms with van der Waals surface area (Å²) in [6.07, 6.45) is 0. The predicted molar refractivity (Wildman–Crippen MR) is 139 cm³/mol. The molecule has 0 bridgehead atoms. The first kappa shape index (κ1) is 27.3. The van der Waals surface area contributed by atoms with Crippen LogP contribution in [0.1, 0.15) is 41.4 Å². The van der Waals surface area contributed by atoms with E-state index in [1.54, 1.807) is 12.1 Å². The molecule has 0 heterocycles. The van der Waals surface area contributed by atoms with Gasteiger partial charge in [-0.15, -0.1) is 0 Å². The van der Waals surface area contributed by atoms with Crippen molar-refractivity contribution in [2.45, 2.75) is 0 Å². The van der Waals surface area contributed by atoms with Crippen molar-refractivity contribution in [3.05, 3.63) is 127 Å². The van der Waals surface area contributed by atoms with Gasteiger partial charge in [0.05, 0.1) is 21.0 Å². The van der Waals surface area contributed by atoms with Gasteiger partial charge in [0.25, 0.3) is 11.4 Å². The van der Waals surface area contributed by atoms with Gasteiger partial charge in [-0.2, -0.15) is 0 Å². The minimum absolute atomic E-state index is 0.158. The van der Waals surface area contributed by atoms with Crippen LogP contribution >= 0.6 is 0 Å². The maximum absolute atomic E-state index is 12.5. The van der Waals surface area contributed by atoms with Gasteiger partial charge in [-0.05, 0) is 59.3 Å². The van der Waals surface area contributed by atoms with E-state index < -0.39 is 46.6 Å². The number of non-ortho nitro benzene ring substituents is 2. The summed E-state index contributed by atoms with van der Waals surface area (Å²) in [4.78, 5) is 69.7. The molecule has 12 heteroatoms. The average Bonchev–Trinajstić information content (AvgIpc) is 2.97. The molecule has 0 aromatic heterocycles. The monoisotopic (exact) mass is 542 g/mol. The van der Waals surface area contributed by atoms with Crippen LogP contribution in [0.4, 0.5) is 11.4 Å². The highest BCUT2D eigenvalue weighted by atomic mass is 16.6. The number of hydrogen-bond acceptors (Lipinski definition) is 10. The second kappa shape index (κ2) is 11.7. The number of nitro benzene ring substituents is 2. The van der Waals surface area contributed by atoms with Gasteiger partial charge in [-0.25, -0.2) is 9.59 Å². The molecule has 0 radical (unpaired) electrons. The molecule has 0 N–H and O–H groups in total. The highest BCUT2D eigenvalue weighted by Gasteiger charge is 2.16. The molecule has 4 aromatic carbocycles. The van der Waals surface area contributed by atoms with E-state index in [1.165, 1.54) is 72.8 Å². The van der Waals surface area contributed by atoms with Gasteiger partial charge in [0, 0.05) is 35.4 Å². The Morgan fingerprint density at radius 3 is 1.18 bits per heavy atom. The molecule has 4 rings (SSSR count). The number of carbonyl (C=O) groups is 4. The van der Waals surface area contributed by atoms with Gasteiger partial charge in [0.2, 0.25) is 0 Å². The number of esters is 2. The first-order chi connectivity index (χ1) is 19.1. The molecule has 0 aliphatic rings. The lowest BCUT2D eigenvalue weighted by Crippen LogP contribution is -2.14. The Hall–Kier alpha value is -5.78. The maximum atomic E-state index is 12.5. The van der Waals surface area contributed by atoms with Crippen molar-refractivity contribution in [2.24, 2.45) is 0 Å². The molecule has 0 atom stereocenters. The molecular weight excluding hydrogens is 524 g/mol. The molecular formula is C28H18N2O10. The highest BCUT2D eigenvalue weighted by Crippen LogP contribution is 2.20. The fourth-order valence-electron chi connectivity index (χ4n) is 3.63. The van der Waals surface area contributed by atoms with Gasteiger partial charge in [0.1, 0.15) is 0 Å². The van der Waals surface area contributed by atoms with Crippen LogP contribution in [0.15, 0.2) is 84.9 Å². The van der Waals surface area contributed by atoms with Crippen LogP contribution in [0.5, 0.6) is 0 Å². The maximum Gasteiger partial charge on any atom is 0.338 e. The lowest BCUT2D eigenvalue weighted by molar-refractivity contribution is -0.385. The van der Waals surface area contributed by atoms with Crippen molar-refractivity contribution in [2.75, 3.05) is 13.2 Å². The number of Topliss-reactive ketones (excluding diaryl/α,β-unsaturated/α-hetero) is 2. The van der Waals surface area contributed by atoms with E-state index in [1.807, 2.05) is 0 Å². The topological polar surface area (TPSA) is 173 Å². The van der Waals surface area contributed by atoms with Gasteiger partial charge < -0.3 is 9.47 Å². The number of rotatable bonds is 10. The van der Waals surface area contributed by atoms with E-state index in [2.05, 4.69) is 0 Å². The summed E-state index contributed by atoms with van der Waals surface area (Å²) < 4.78 is 10.2. The first-order valence-electron chi connectivity index (χ1n) is 11.6. The predicted octanol–water partition coefficient (Wildman–Crippen LogP) is 4.74. The third-order valence-electron chi connectivity index (χ3n) is 5.78. The minimum Gasteiger partial charge on any atom is -0.454 e. The van der Waals surface area contributed by atoms with Gasteiger partial charge in [-0.3, -0.25) is 29.8 Å². The van der Waals surface area contributed by atoms with Crippen LogP contribution in [0.25, 0.3) is 10.8 Å². The summed E-state index contributed by atoms with van der Waals surface area (Å²) in [6, 6.07) is 18.9. The normalized spacial score (nSPS) is 10.5. The second-order valence-electron chi connectivity index (χ2n) is 8.38. The van der Waals surface area contributed by atoms with E-state index in [-0.39, 0.29) is 33.6 Å². The van der Waals surface area contributed by atoms with Crippen LogP contribution < -0.4 is 0 Å². The van der Waals surface area contributed by atoms with Gasteiger partial charge >= 0.3 is 11.9 Å². The number of benzene rings is 4. The number of nitro groups is 2.